The number of pyridine rings is 1. The number of benzene rings is 1. The van der Waals surface area contributed by atoms with Crippen LogP contribution in [0.3, 0.4) is 0 Å². The molecule has 3 aromatic rings. The molecule has 0 saturated heterocycles. The van der Waals surface area contributed by atoms with Gasteiger partial charge in [0.1, 0.15) is 5.15 Å². The molecule has 0 atom stereocenters. The molecular weight excluding hydrogens is 388 g/mol. The highest BCUT2D eigenvalue weighted by Gasteiger charge is 2.25. The molecule has 0 aliphatic rings. The Morgan fingerprint density at radius 1 is 1.22 bits per heavy atom. The number of methoxy groups -OCH3 is 1. The lowest BCUT2D eigenvalue weighted by Gasteiger charge is -2.13. The van der Waals surface area contributed by atoms with Crippen LogP contribution in [0, 0.1) is 6.92 Å². The summed E-state index contributed by atoms with van der Waals surface area (Å²) in [6.07, 6.45) is 1.05. The van der Waals surface area contributed by atoms with E-state index in [4.69, 9.17) is 11.6 Å². The van der Waals surface area contributed by atoms with Gasteiger partial charge >= 0.3 is 5.97 Å². The van der Waals surface area contributed by atoms with E-state index in [1.165, 1.54) is 11.1 Å². The fourth-order valence-electron chi connectivity index (χ4n) is 3.01. The number of carbonyl (C=O) groups is 1. The van der Waals surface area contributed by atoms with Crippen molar-refractivity contribution in [2.45, 2.75) is 31.1 Å². The number of nitrogens with zero attached hydrogens (tertiary/aromatic N) is 2. The Kier molecular flexibility index (Phi) is 5.53. The van der Waals surface area contributed by atoms with Crippen LogP contribution in [0.2, 0.25) is 5.15 Å². The van der Waals surface area contributed by atoms with Crippen molar-refractivity contribution in [3.8, 4) is 0 Å². The predicted octanol–water partition coefficient (Wildman–Crippen LogP) is 3.73. The SMILES string of the molecule is COC(=O)CCCc1cc2nc(Cl)ccc2n1S(=O)(=O)c1ccccc1C. The third-order valence-corrected chi connectivity index (χ3v) is 6.44. The lowest BCUT2D eigenvalue weighted by Crippen LogP contribution is -2.17. The number of ether oxygens (including phenoxy) is 1. The number of halogens is 1. The first-order valence-corrected chi connectivity index (χ1v) is 10.2. The van der Waals surface area contributed by atoms with Gasteiger partial charge in [-0.1, -0.05) is 29.8 Å². The van der Waals surface area contributed by atoms with E-state index >= 15 is 0 Å². The van der Waals surface area contributed by atoms with Gasteiger partial charge < -0.3 is 4.74 Å². The average Bonchev–Trinajstić information content (AvgIpc) is 2.99. The molecule has 0 unspecified atom stereocenters. The molecule has 142 valence electrons. The number of aromatic nitrogens is 2. The Labute approximate surface area is 162 Å². The van der Waals surface area contributed by atoms with Crippen LogP contribution in [0.4, 0.5) is 0 Å². The first-order valence-electron chi connectivity index (χ1n) is 8.39. The zero-order valence-electron chi connectivity index (χ0n) is 15.0. The number of hydrogen-bond acceptors (Lipinski definition) is 5. The number of rotatable bonds is 6. The Bertz CT molecular complexity index is 1110. The molecule has 27 heavy (non-hydrogen) atoms. The Balaban J connectivity index is 2.13. The topological polar surface area (TPSA) is 78.3 Å². The Morgan fingerprint density at radius 2 is 1.96 bits per heavy atom. The van der Waals surface area contributed by atoms with Crippen molar-refractivity contribution >= 4 is 38.6 Å². The summed E-state index contributed by atoms with van der Waals surface area (Å²) < 4.78 is 32.7. The molecular formula is C19H19ClN2O4S. The van der Waals surface area contributed by atoms with Crippen molar-refractivity contribution < 1.29 is 17.9 Å². The first-order chi connectivity index (χ1) is 12.8. The molecule has 1 aromatic carbocycles. The van der Waals surface area contributed by atoms with Crippen molar-refractivity contribution in [1.29, 1.82) is 0 Å². The van der Waals surface area contributed by atoms with Crippen molar-refractivity contribution in [2.75, 3.05) is 7.11 Å². The number of esters is 1. The van der Waals surface area contributed by atoms with Gasteiger partial charge in [0.05, 0.1) is 23.0 Å². The number of carbonyl (C=O) groups excluding carboxylic acids is 1. The molecule has 8 heteroatoms. The maximum atomic E-state index is 13.4. The summed E-state index contributed by atoms with van der Waals surface area (Å²) in [4.78, 5) is 15.9. The van der Waals surface area contributed by atoms with Gasteiger partial charge in [-0.05, 0) is 49.6 Å². The smallest absolute Gasteiger partial charge is 0.305 e. The van der Waals surface area contributed by atoms with Gasteiger partial charge in [0.2, 0.25) is 0 Å². The quantitative estimate of drug-likeness (QED) is 0.460. The molecule has 0 N–H and O–H groups in total. The third-order valence-electron chi connectivity index (χ3n) is 4.30. The van der Waals surface area contributed by atoms with Crippen LogP contribution in [0.5, 0.6) is 0 Å². The van der Waals surface area contributed by atoms with E-state index < -0.39 is 10.0 Å². The number of aryl methyl sites for hydroxylation is 2. The summed E-state index contributed by atoms with van der Waals surface area (Å²) in [5.41, 5.74) is 2.15. The molecule has 0 saturated carbocycles. The zero-order valence-corrected chi connectivity index (χ0v) is 16.5. The molecule has 0 aliphatic heterocycles. The average molecular weight is 407 g/mol. The van der Waals surface area contributed by atoms with Crippen molar-refractivity contribution in [3.05, 3.63) is 58.9 Å². The number of fused-ring (bicyclic) bond motifs is 1. The summed E-state index contributed by atoms with van der Waals surface area (Å²) in [6, 6.07) is 11.7. The van der Waals surface area contributed by atoms with Crippen LogP contribution < -0.4 is 0 Å². The Hall–Kier alpha value is -2.38. The molecule has 0 spiro atoms. The summed E-state index contributed by atoms with van der Waals surface area (Å²) in [5.74, 6) is -0.333. The number of hydrogen-bond donors (Lipinski definition) is 0. The highest BCUT2D eigenvalue weighted by molar-refractivity contribution is 7.90. The van der Waals surface area contributed by atoms with Gasteiger partial charge in [0.15, 0.2) is 0 Å². The van der Waals surface area contributed by atoms with Gasteiger partial charge in [0, 0.05) is 12.1 Å². The minimum Gasteiger partial charge on any atom is -0.469 e. The molecule has 0 radical (unpaired) electrons. The molecule has 0 aliphatic carbocycles. The van der Waals surface area contributed by atoms with Crippen molar-refractivity contribution in [2.24, 2.45) is 0 Å². The van der Waals surface area contributed by atoms with Crippen LogP contribution in [0.1, 0.15) is 24.1 Å². The predicted molar refractivity (Wildman–Crippen MR) is 103 cm³/mol. The lowest BCUT2D eigenvalue weighted by atomic mass is 10.2. The Morgan fingerprint density at radius 3 is 2.67 bits per heavy atom. The summed E-state index contributed by atoms with van der Waals surface area (Å²) >= 11 is 5.97. The standard InChI is InChI=1S/C19H19ClN2O4S/c1-13-6-3-4-8-17(13)27(24,25)22-14(7-5-9-19(23)26-2)12-15-16(22)10-11-18(20)21-15/h3-4,6,8,10-12H,5,7,9H2,1-2H3. The molecule has 0 fully saturated rings. The van der Waals surface area contributed by atoms with Crippen LogP contribution in [0.15, 0.2) is 47.4 Å². The normalized spacial score (nSPS) is 11.7. The highest BCUT2D eigenvalue weighted by atomic mass is 35.5. The van der Waals surface area contributed by atoms with E-state index in [0.29, 0.717) is 35.1 Å². The van der Waals surface area contributed by atoms with E-state index in [2.05, 4.69) is 9.72 Å². The van der Waals surface area contributed by atoms with Gasteiger partial charge in [0.25, 0.3) is 10.0 Å². The molecule has 3 rings (SSSR count). The molecule has 0 amide bonds. The summed E-state index contributed by atoms with van der Waals surface area (Å²) in [6.45, 7) is 1.75. The van der Waals surface area contributed by atoms with E-state index in [0.717, 1.165) is 0 Å². The van der Waals surface area contributed by atoms with Crippen molar-refractivity contribution in [3.63, 3.8) is 0 Å². The third kappa shape index (κ3) is 3.84. The van der Waals surface area contributed by atoms with Crippen LogP contribution in [0.25, 0.3) is 11.0 Å². The van der Waals surface area contributed by atoms with Gasteiger partial charge in [-0.15, -0.1) is 0 Å². The summed E-state index contributed by atoms with van der Waals surface area (Å²) in [5, 5.41) is 0.286. The second-order valence-corrected chi connectivity index (χ2v) is 8.28. The summed E-state index contributed by atoms with van der Waals surface area (Å²) in [7, 11) is -2.51. The molecule has 2 heterocycles. The van der Waals surface area contributed by atoms with E-state index in [1.54, 1.807) is 49.4 Å². The lowest BCUT2D eigenvalue weighted by molar-refractivity contribution is -0.140. The van der Waals surface area contributed by atoms with E-state index in [-0.39, 0.29) is 22.4 Å². The zero-order chi connectivity index (χ0) is 19.6. The van der Waals surface area contributed by atoms with Crippen molar-refractivity contribution in [1.82, 2.24) is 8.96 Å². The second kappa shape index (κ2) is 7.70. The fraction of sp³-hybridized carbons (Fsp3) is 0.263. The maximum Gasteiger partial charge on any atom is 0.305 e. The minimum atomic E-state index is -3.84. The van der Waals surface area contributed by atoms with Crippen LogP contribution >= 0.6 is 11.6 Å². The van der Waals surface area contributed by atoms with Gasteiger partial charge in [-0.2, -0.15) is 0 Å². The molecule has 6 nitrogen and oxygen atoms in total. The fourth-order valence-corrected chi connectivity index (χ4v) is 4.95. The molecule has 0 bridgehead atoms. The molecule has 2 aromatic heterocycles. The van der Waals surface area contributed by atoms with Crippen LogP contribution in [-0.4, -0.2) is 30.5 Å². The van der Waals surface area contributed by atoms with Crippen LogP contribution in [-0.2, 0) is 26.0 Å². The second-order valence-electron chi connectivity index (χ2n) is 6.14. The highest BCUT2D eigenvalue weighted by Crippen LogP contribution is 2.28. The van der Waals surface area contributed by atoms with Gasteiger partial charge in [-0.25, -0.2) is 17.4 Å². The van der Waals surface area contributed by atoms with E-state index in [9.17, 15) is 13.2 Å². The maximum absolute atomic E-state index is 13.4. The minimum absolute atomic E-state index is 0.205. The largest absolute Gasteiger partial charge is 0.469 e. The first kappa shape index (κ1) is 19.4. The van der Waals surface area contributed by atoms with Gasteiger partial charge in [-0.3, -0.25) is 4.79 Å². The monoisotopic (exact) mass is 406 g/mol. The van der Waals surface area contributed by atoms with E-state index in [1.807, 2.05) is 0 Å².